The van der Waals surface area contributed by atoms with Crippen LogP contribution in [0.4, 0.5) is 0 Å². The van der Waals surface area contributed by atoms with Gasteiger partial charge in [-0.25, -0.2) is 4.79 Å². The maximum Gasteiger partial charge on any atom is 0.323 e. The summed E-state index contributed by atoms with van der Waals surface area (Å²) in [6.07, 6.45) is 1.66. The predicted molar refractivity (Wildman–Crippen MR) is 54.6 cm³/mol. The molecule has 2 rings (SSSR count). The van der Waals surface area contributed by atoms with Gasteiger partial charge in [0, 0.05) is 0 Å². The van der Waals surface area contributed by atoms with Crippen LogP contribution in [-0.4, -0.2) is 16.6 Å². The number of aromatic amines is 2. The predicted octanol–water partition coefficient (Wildman–Crippen LogP) is 1.42. The van der Waals surface area contributed by atoms with Gasteiger partial charge in [0.2, 0.25) is 0 Å². The largest absolute Gasteiger partial charge is 0.487 e. The van der Waals surface area contributed by atoms with Crippen molar-refractivity contribution in [3.8, 4) is 5.75 Å². The number of fused-ring (bicyclic) bond motifs is 1. The van der Waals surface area contributed by atoms with Gasteiger partial charge in [-0.1, -0.05) is 18.7 Å². The van der Waals surface area contributed by atoms with Crippen molar-refractivity contribution in [1.82, 2.24) is 9.97 Å². The van der Waals surface area contributed by atoms with Gasteiger partial charge in [0.1, 0.15) is 17.9 Å². The van der Waals surface area contributed by atoms with Gasteiger partial charge in [-0.3, -0.25) is 0 Å². The van der Waals surface area contributed by atoms with Crippen LogP contribution in [0.15, 0.2) is 35.6 Å². The summed E-state index contributed by atoms with van der Waals surface area (Å²) in [7, 11) is 0. The first-order valence-electron chi connectivity index (χ1n) is 4.26. The van der Waals surface area contributed by atoms with Gasteiger partial charge >= 0.3 is 5.69 Å². The van der Waals surface area contributed by atoms with E-state index in [4.69, 9.17) is 4.74 Å². The standard InChI is InChI=1S/C10H10N2O2/c1-2-6-14-8-5-3-4-7-9(8)12-10(13)11-7/h2-5H,1,6H2,(H2,11,12,13). The first-order valence-corrected chi connectivity index (χ1v) is 4.26. The van der Waals surface area contributed by atoms with Crippen LogP contribution in [0, 0.1) is 0 Å². The van der Waals surface area contributed by atoms with E-state index in [2.05, 4.69) is 16.5 Å². The molecule has 1 aromatic carbocycles. The first-order chi connectivity index (χ1) is 6.81. The van der Waals surface area contributed by atoms with Crippen molar-refractivity contribution >= 4 is 11.0 Å². The maximum absolute atomic E-state index is 11.0. The second kappa shape index (κ2) is 3.41. The molecule has 0 radical (unpaired) electrons. The van der Waals surface area contributed by atoms with Crippen LogP contribution in [0.5, 0.6) is 5.75 Å². The van der Waals surface area contributed by atoms with Gasteiger partial charge in [-0.2, -0.15) is 0 Å². The third-order valence-corrected chi connectivity index (χ3v) is 1.87. The highest BCUT2D eigenvalue weighted by Crippen LogP contribution is 2.20. The van der Waals surface area contributed by atoms with Crippen molar-refractivity contribution in [2.24, 2.45) is 0 Å². The molecule has 0 amide bonds. The lowest BCUT2D eigenvalue weighted by atomic mass is 10.3. The number of para-hydroxylation sites is 1. The lowest BCUT2D eigenvalue weighted by Gasteiger charge is -2.02. The Hall–Kier alpha value is -1.97. The molecule has 0 aliphatic carbocycles. The van der Waals surface area contributed by atoms with Crippen LogP contribution in [0.1, 0.15) is 0 Å². The van der Waals surface area contributed by atoms with E-state index in [-0.39, 0.29) is 5.69 Å². The van der Waals surface area contributed by atoms with Crippen LogP contribution in [-0.2, 0) is 0 Å². The molecule has 0 saturated heterocycles. The number of imidazole rings is 1. The molecule has 1 heterocycles. The van der Waals surface area contributed by atoms with Crippen LogP contribution < -0.4 is 10.4 Å². The lowest BCUT2D eigenvalue weighted by molar-refractivity contribution is 0.367. The van der Waals surface area contributed by atoms with E-state index >= 15 is 0 Å². The molecule has 0 unspecified atom stereocenters. The average Bonchev–Trinajstić information content (AvgIpc) is 2.55. The van der Waals surface area contributed by atoms with E-state index in [0.717, 1.165) is 5.52 Å². The molecule has 0 spiro atoms. The summed E-state index contributed by atoms with van der Waals surface area (Å²) in [6, 6.07) is 5.44. The molecule has 0 aliphatic rings. The zero-order valence-electron chi connectivity index (χ0n) is 7.54. The molecule has 0 aliphatic heterocycles. The van der Waals surface area contributed by atoms with E-state index in [9.17, 15) is 4.79 Å². The monoisotopic (exact) mass is 190 g/mol. The highest BCUT2D eigenvalue weighted by Gasteiger charge is 2.03. The Morgan fingerprint density at radius 2 is 2.29 bits per heavy atom. The first kappa shape index (κ1) is 8.62. The SMILES string of the molecule is C=CCOc1cccc2[nH]c(=O)[nH]c12. The Morgan fingerprint density at radius 1 is 1.43 bits per heavy atom. The Morgan fingerprint density at radius 3 is 3.07 bits per heavy atom. The van der Waals surface area contributed by atoms with Crippen molar-refractivity contribution in [3.05, 3.63) is 41.3 Å². The summed E-state index contributed by atoms with van der Waals surface area (Å²) < 4.78 is 5.37. The Kier molecular flexibility index (Phi) is 2.10. The van der Waals surface area contributed by atoms with E-state index < -0.39 is 0 Å². The fourth-order valence-corrected chi connectivity index (χ4v) is 1.30. The summed E-state index contributed by atoms with van der Waals surface area (Å²) in [6.45, 7) is 3.98. The van der Waals surface area contributed by atoms with Crippen LogP contribution in [0.25, 0.3) is 11.0 Å². The van der Waals surface area contributed by atoms with Crippen LogP contribution in [0.3, 0.4) is 0 Å². The fraction of sp³-hybridized carbons (Fsp3) is 0.100. The van der Waals surface area contributed by atoms with Gasteiger partial charge in [-0.05, 0) is 12.1 Å². The zero-order chi connectivity index (χ0) is 9.97. The summed E-state index contributed by atoms with van der Waals surface area (Å²) in [5, 5.41) is 0. The van der Waals surface area contributed by atoms with Gasteiger partial charge in [0.05, 0.1) is 5.52 Å². The highest BCUT2D eigenvalue weighted by atomic mass is 16.5. The van der Waals surface area contributed by atoms with E-state index in [1.807, 2.05) is 12.1 Å². The number of rotatable bonds is 3. The molecule has 0 bridgehead atoms. The fourth-order valence-electron chi connectivity index (χ4n) is 1.30. The van der Waals surface area contributed by atoms with Crippen molar-refractivity contribution in [2.75, 3.05) is 6.61 Å². The number of hydrogen-bond donors (Lipinski definition) is 2. The number of H-pyrrole nitrogens is 2. The quantitative estimate of drug-likeness (QED) is 0.719. The molecule has 2 N–H and O–H groups in total. The number of nitrogens with one attached hydrogen (secondary N) is 2. The second-order valence-electron chi connectivity index (χ2n) is 2.86. The molecule has 0 fully saturated rings. The van der Waals surface area contributed by atoms with Crippen LogP contribution in [0.2, 0.25) is 0 Å². The van der Waals surface area contributed by atoms with Gasteiger partial charge in [0.25, 0.3) is 0 Å². The average molecular weight is 190 g/mol. The minimum absolute atomic E-state index is 0.227. The molecule has 0 atom stereocenters. The maximum atomic E-state index is 11.0. The molecular weight excluding hydrogens is 180 g/mol. The van der Waals surface area contributed by atoms with Crippen molar-refractivity contribution in [2.45, 2.75) is 0 Å². The summed E-state index contributed by atoms with van der Waals surface area (Å²) >= 11 is 0. The van der Waals surface area contributed by atoms with Crippen molar-refractivity contribution < 1.29 is 4.74 Å². The van der Waals surface area contributed by atoms with Crippen LogP contribution >= 0.6 is 0 Å². The normalized spacial score (nSPS) is 10.3. The Balaban J connectivity index is 2.52. The lowest BCUT2D eigenvalue weighted by Crippen LogP contribution is -1.99. The highest BCUT2D eigenvalue weighted by molar-refractivity contribution is 5.80. The van der Waals surface area contributed by atoms with Gasteiger partial charge in [-0.15, -0.1) is 0 Å². The summed E-state index contributed by atoms with van der Waals surface area (Å²) in [4.78, 5) is 16.4. The van der Waals surface area contributed by atoms with Crippen molar-refractivity contribution in [3.63, 3.8) is 0 Å². The summed E-state index contributed by atoms with van der Waals surface area (Å²) in [5.74, 6) is 0.653. The molecule has 1 aromatic heterocycles. The Bertz CT molecular complexity index is 510. The molecule has 0 saturated carbocycles. The van der Waals surface area contributed by atoms with Crippen molar-refractivity contribution in [1.29, 1.82) is 0 Å². The molecule has 14 heavy (non-hydrogen) atoms. The second-order valence-corrected chi connectivity index (χ2v) is 2.86. The number of ether oxygens (including phenoxy) is 1. The molecular formula is C10H10N2O2. The summed E-state index contributed by atoms with van der Waals surface area (Å²) in [5.41, 5.74) is 1.21. The molecule has 72 valence electrons. The van der Waals surface area contributed by atoms with E-state index in [1.54, 1.807) is 12.1 Å². The van der Waals surface area contributed by atoms with Gasteiger partial charge in [0.15, 0.2) is 0 Å². The minimum Gasteiger partial charge on any atom is -0.487 e. The van der Waals surface area contributed by atoms with E-state index in [0.29, 0.717) is 17.9 Å². The number of aromatic nitrogens is 2. The van der Waals surface area contributed by atoms with E-state index in [1.165, 1.54) is 0 Å². The number of hydrogen-bond acceptors (Lipinski definition) is 2. The molecule has 4 nitrogen and oxygen atoms in total. The Labute approximate surface area is 80.2 Å². The smallest absolute Gasteiger partial charge is 0.323 e. The third-order valence-electron chi connectivity index (χ3n) is 1.87. The van der Waals surface area contributed by atoms with Gasteiger partial charge < -0.3 is 14.7 Å². The number of benzene rings is 1. The topological polar surface area (TPSA) is 57.9 Å². The molecule has 4 heteroatoms. The zero-order valence-corrected chi connectivity index (χ0v) is 7.54. The molecule has 2 aromatic rings. The third kappa shape index (κ3) is 1.42. The minimum atomic E-state index is -0.227.